The molecule has 6 nitrogen and oxygen atoms in total. The molecule has 2 aliphatic rings. The summed E-state index contributed by atoms with van der Waals surface area (Å²) < 4.78 is 11.2. The Morgan fingerprint density at radius 2 is 0.962 bits per heavy atom. The lowest BCUT2D eigenvalue weighted by Gasteiger charge is -2.54. The van der Waals surface area contributed by atoms with E-state index >= 15 is 9.59 Å². The fraction of sp³-hybridized carbons (Fsp3) is 0.318. The Labute approximate surface area is 315 Å². The van der Waals surface area contributed by atoms with E-state index in [0.29, 0.717) is 37.8 Å². The minimum absolute atomic E-state index is 0.00988. The van der Waals surface area contributed by atoms with Gasteiger partial charge in [0, 0.05) is 24.2 Å². The van der Waals surface area contributed by atoms with Crippen LogP contribution in [0.2, 0.25) is 0 Å². The average molecular weight is 731 g/mol. The second-order valence-corrected chi connectivity index (χ2v) is 18.0. The molecule has 2 unspecified atom stereocenters. The zero-order valence-electron chi connectivity index (χ0n) is 30.7. The highest BCUT2D eigenvalue weighted by Crippen LogP contribution is 2.73. The fourth-order valence-electron chi connectivity index (χ4n) is 7.85. The summed E-state index contributed by atoms with van der Waals surface area (Å²) in [5, 5.41) is 2.24. The summed E-state index contributed by atoms with van der Waals surface area (Å²) in [5.74, 6) is 1.34. The van der Waals surface area contributed by atoms with Crippen LogP contribution in [0.4, 0.5) is 0 Å². The van der Waals surface area contributed by atoms with Crippen molar-refractivity contribution in [2.24, 2.45) is 0 Å². The van der Waals surface area contributed by atoms with Crippen LogP contribution < -0.4 is 9.47 Å². The van der Waals surface area contributed by atoms with Crippen LogP contribution in [0.1, 0.15) is 63.8 Å². The molecule has 5 aromatic rings. The summed E-state index contributed by atoms with van der Waals surface area (Å²) in [4.78, 5) is 32.2. The Balaban J connectivity index is 1.62. The first-order valence-corrected chi connectivity index (χ1v) is 19.6. The molecule has 2 aliphatic heterocycles. The standard InChI is InChI=1S/C44H46N2O4S2/c1-7-49-37-24-16-14-22-35(37)43(45(39(47)41(3,4)51-43)29-31-18-10-9-11-19-31)44(36-23-15-17-25-38(36)50-8-2)46(40(48)42(5,6)52-44)30-32-26-27-33-20-12-13-21-34(33)28-32/h9-28H,7-8,29-30H2,1-6H3. The molecule has 2 atom stereocenters. The van der Waals surface area contributed by atoms with Crippen molar-refractivity contribution in [2.75, 3.05) is 13.2 Å². The van der Waals surface area contributed by atoms with Crippen molar-refractivity contribution in [3.8, 4) is 11.5 Å². The van der Waals surface area contributed by atoms with Crippen LogP contribution in [0, 0.1) is 0 Å². The molecular weight excluding hydrogens is 685 g/mol. The topological polar surface area (TPSA) is 59.1 Å². The zero-order valence-corrected chi connectivity index (χ0v) is 32.4. The molecule has 0 N–H and O–H groups in total. The number of para-hydroxylation sites is 2. The van der Waals surface area contributed by atoms with Crippen LogP contribution in [-0.2, 0) is 32.4 Å². The second-order valence-electron chi connectivity index (χ2n) is 14.3. The molecule has 5 aromatic carbocycles. The smallest absolute Gasteiger partial charge is 0.240 e. The molecule has 8 heteroatoms. The SMILES string of the molecule is CCOc1ccccc1C1(C2(c3ccccc3OCC)SC(C)(C)C(=O)N2Cc2ccc3ccccc3c2)SC(C)(C)C(=O)N1Cc1ccccc1. The van der Waals surface area contributed by atoms with Gasteiger partial charge in [0.25, 0.3) is 0 Å². The first-order chi connectivity index (χ1) is 25.0. The number of fused-ring (bicyclic) bond motifs is 1. The van der Waals surface area contributed by atoms with Gasteiger partial charge < -0.3 is 19.3 Å². The predicted octanol–water partition coefficient (Wildman–Crippen LogP) is 9.75. The summed E-state index contributed by atoms with van der Waals surface area (Å²) >= 11 is 3.22. The van der Waals surface area contributed by atoms with Crippen molar-refractivity contribution < 1.29 is 19.1 Å². The van der Waals surface area contributed by atoms with Gasteiger partial charge in [0.15, 0.2) is 9.74 Å². The molecule has 0 aliphatic carbocycles. The normalized spacial score (nSPS) is 22.3. The number of benzene rings is 5. The lowest BCUT2D eigenvalue weighted by atomic mass is 9.86. The van der Waals surface area contributed by atoms with E-state index in [1.807, 2.05) is 118 Å². The minimum atomic E-state index is -1.21. The summed E-state index contributed by atoms with van der Waals surface area (Å²) in [6, 6.07) is 41.0. The van der Waals surface area contributed by atoms with Gasteiger partial charge in [-0.2, -0.15) is 0 Å². The van der Waals surface area contributed by atoms with Crippen LogP contribution in [0.5, 0.6) is 11.5 Å². The van der Waals surface area contributed by atoms with Gasteiger partial charge in [0.05, 0.1) is 22.7 Å². The third-order valence-electron chi connectivity index (χ3n) is 9.99. The number of ether oxygens (including phenoxy) is 2. The highest BCUT2D eigenvalue weighted by Gasteiger charge is 2.75. The molecule has 0 radical (unpaired) electrons. The Morgan fingerprint density at radius 3 is 1.48 bits per heavy atom. The number of rotatable bonds is 11. The maximum absolute atomic E-state index is 15.3. The molecule has 2 saturated heterocycles. The van der Waals surface area contributed by atoms with Crippen molar-refractivity contribution in [1.29, 1.82) is 0 Å². The van der Waals surface area contributed by atoms with Crippen molar-refractivity contribution in [2.45, 2.75) is 73.9 Å². The molecule has 2 heterocycles. The largest absolute Gasteiger partial charge is 0.493 e. The number of hydrogen-bond acceptors (Lipinski definition) is 6. The third kappa shape index (κ3) is 5.84. The minimum Gasteiger partial charge on any atom is -0.493 e. The van der Waals surface area contributed by atoms with Crippen LogP contribution in [0.25, 0.3) is 10.8 Å². The van der Waals surface area contributed by atoms with E-state index < -0.39 is 19.2 Å². The van der Waals surface area contributed by atoms with Gasteiger partial charge in [0.2, 0.25) is 11.8 Å². The second kappa shape index (κ2) is 13.9. The van der Waals surface area contributed by atoms with Gasteiger partial charge in [-0.15, -0.1) is 23.5 Å². The highest BCUT2D eigenvalue weighted by atomic mass is 32.2. The first kappa shape index (κ1) is 36.0. The monoisotopic (exact) mass is 730 g/mol. The Hall–Kier alpha value is -4.40. The van der Waals surface area contributed by atoms with E-state index in [-0.39, 0.29) is 11.8 Å². The summed E-state index contributed by atoms with van der Waals surface area (Å²) in [6.07, 6.45) is 0. The van der Waals surface area contributed by atoms with Crippen LogP contribution in [0.15, 0.2) is 121 Å². The fourth-order valence-corrected chi connectivity index (χ4v) is 11.8. The van der Waals surface area contributed by atoms with E-state index in [9.17, 15) is 0 Å². The van der Waals surface area contributed by atoms with Gasteiger partial charge >= 0.3 is 0 Å². The number of thioether (sulfide) groups is 2. The number of hydrogen-bond donors (Lipinski definition) is 0. The molecule has 0 bridgehead atoms. The Bertz CT molecular complexity index is 2120. The summed E-state index contributed by atoms with van der Waals surface area (Å²) in [7, 11) is 0. The van der Waals surface area contributed by atoms with Crippen LogP contribution in [-0.4, -0.2) is 44.3 Å². The molecule has 2 fully saturated rings. The number of nitrogens with zero attached hydrogens (tertiary/aromatic N) is 2. The molecular formula is C44H46N2O4S2. The molecule has 0 spiro atoms. The van der Waals surface area contributed by atoms with Gasteiger partial charge in [-0.1, -0.05) is 103 Å². The Kier molecular flexibility index (Phi) is 9.59. The number of carbonyl (C=O) groups is 2. The molecule has 0 aromatic heterocycles. The lowest BCUT2D eigenvalue weighted by Crippen LogP contribution is -2.61. The molecule has 7 rings (SSSR count). The maximum Gasteiger partial charge on any atom is 0.240 e. The first-order valence-electron chi connectivity index (χ1n) is 18.0. The quantitative estimate of drug-likeness (QED) is 0.135. The summed E-state index contributed by atoms with van der Waals surface area (Å²) in [5.41, 5.74) is 3.67. The highest BCUT2D eigenvalue weighted by molar-refractivity contribution is 8.06. The van der Waals surface area contributed by atoms with E-state index in [4.69, 9.17) is 9.47 Å². The van der Waals surface area contributed by atoms with E-state index in [1.165, 1.54) is 0 Å². The van der Waals surface area contributed by atoms with E-state index in [0.717, 1.165) is 33.0 Å². The van der Waals surface area contributed by atoms with Crippen molar-refractivity contribution >= 4 is 46.1 Å². The van der Waals surface area contributed by atoms with Crippen molar-refractivity contribution in [3.63, 3.8) is 0 Å². The van der Waals surface area contributed by atoms with Crippen molar-refractivity contribution in [1.82, 2.24) is 9.80 Å². The molecule has 268 valence electrons. The average Bonchev–Trinajstić information content (AvgIpc) is 3.48. The van der Waals surface area contributed by atoms with Gasteiger partial charge in [0.1, 0.15) is 11.5 Å². The number of carbonyl (C=O) groups excluding carboxylic acids is 2. The van der Waals surface area contributed by atoms with Gasteiger partial charge in [-0.3, -0.25) is 9.59 Å². The molecule has 2 amide bonds. The van der Waals surface area contributed by atoms with Gasteiger partial charge in [-0.05, 0) is 81.6 Å². The number of amides is 2. The Morgan fingerprint density at radius 1 is 0.519 bits per heavy atom. The van der Waals surface area contributed by atoms with Crippen LogP contribution >= 0.6 is 23.5 Å². The third-order valence-corrected chi connectivity index (χ3v) is 13.5. The lowest BCUT2D eigenvalue weighted by molar-refractivity contribution is -0.144. The molecule has 0 saturated carbocycles. The van der Waals surface area contributed by atoms with E-state index in [2.05, 4.69) is 54.6 Å². The molecule has 52 heavy (non-hydrogen) atoms. The summed E-state index contributed by atoms with van der Waals surface area (Å²) in [6.45, 7) is 13.5. The maximum atomic E-state index is 15.3. The van der Waals surface area contributed by atoms with Crippen LogP contribution in [0.3, 0.4) is 0 Å². The van der Waals surface area contributed by atoms with Crippen molar-refractivity contribution in [3.05, 3.63) is 144 Å². The van der Waals surface area contributed by atoms with Gasteiger partial charge in [-0.25, -0.2) is 0 Å². The predicted molar refractivity (Wildman–Crippen MR) is 213 cm³/mol. The zero-order chi connectivity index (χ0) is 36.7. The van der Waals surface area contributed by atoms with E-state index in [1.54, 1.807) is 23.5 Å².